The first kappa shape index (κ1) is 21.2. The molecule has 2 heterocycles. The van der Waals surface area contributed by atoms with E-state index in [0.717, 1.165) is 12.3 Å². The molecular weight excluding hydrogens is 367 g/mol. The number of aliphatic hydroxyl groups excluding tert-OH is 2. The van der Waals surface area contributed by atoms with Gasteiger partial charge in [0.25, 0.3) is 11.4 Å². The van der Waals surface area contributed by atoms with Gasteiger partial charge in [0, 0.05) is 12.3 Å². The Morgan fingerprint density at radius 3 is 2.63 bits per heavy atom. The largest absolute Gasteiger partial charge is 0.457 e. The van der Waals surface area contributed by atoms with E-state index in [1.807, 2.05) is 4.98 Å². The minimum absolute atomic E-state index is 0.293. The molecule has 0 unspecified atom stereocenters. The number of carbonyl (C=O) groups is 1. The summed E-state index contributed by atoms with van der Waals surface area (Å²) < 4.78 is 30.9. The zero-order valence-electron chi connectivity index (χ0n) is 15.3. The van der Waals surface area contributed by atoms with Crippen molar-refractivity contribution in [2.45, 2.75) is 63.7 Å². The zero-order chi connectivity index (χ0) is 20.6. The highest BCUT2D eigenvalue weighted by Gasteiger charge is 2.57. The van der Waals surface area contributed by atoms with E-state index in [9.17, 15) is 29.0 Å². The lowest BCUT2D eigenvalue weighted by atomic mass is 10.1. The van der Waals surface area contributed by atoms with E-state index in [2.05, 4.69) is 0 Å². The number of aromatic amines is 1. The summed E-state index contributed by atoms with van der Waals surface area (Å²) in [5, 5.41) is 20.0. The highest BCUT2D eigenvalue weighted by molar-refractivity contribution is 5.78. The maximum Gasteiger partial charge on any atom is 0.338 e. The Hall–Kier alpha value is -2.08. The normalized spacial score (nSPS) is 28.5. The molecule has 0 amide bonds. The van der Waals surface area contributed by atoms with Gasteiger partial charge < -0.3 is 24.4 Å². The predicted molar refractivity (Wildman–Crippen MR) is 88.6 cm³/mol. The first-order chi connectivity index (χ1) is 12.4. The fraction of sp³-hybridized carbons (Fsp3) is 0.688. The Morgan fingerprint density at radius 2 is 2.07 bits per heavy atom. The predicted octanol–water partition coefficient (Wildman–Crippen LogP) is -0.800. The second-order valence-corrected chi connectivity index (χ2v) is 7.00. The van der Waals surface area contributed by atoms with Gasteiger partial charge in [-0.2, -0.15) is 0 Å². The SMILES string of the molecule is CC(C)OC(C)(C)C(=O)OC[C@@]1(F)O[C@@H](n2ccc(=O)[nH]c2=O)[C@H](O)[C@@H]1O. The molecule has 1 fully saturated rings. The van der Waals surface area contributed by atoms with Crippen LogP contribution in [-0.4, -0.2) is 62.1 Å². The summed E-state index contributed by atoms with van der Waals surface area (Å²) in [5.41, 5.74) is -3.04. The first-order valence-corrected chi connectivity index (χ1v) is 8.27. The second kappa shape index (κ2) is 7.50. The van der Waals surface area contributed by atoms with Crippen molar-refractivity contribution >= 4 is 5.97 Å². The molecule has 4 atom stereocenters. The molecule has 10 nitrogen and oxygen atoms in total. The number of nitrogens with one attached hydrogen (secondary N) is 1. The lowest BCUT2D eigenvalue weighted by Crippen LogP contribution is -2.46. The van der Waals surface area contributed by atoms with Gasteiger partial charge in [0.2, 0.25) is 0 Å². The lowest BCUT2D eigenvalue weighted by Gasteiger charge is -2.28. The van der Waals surface area contributed by atoms with Gasteiger partial charge in [0.05, 0.1) is 6.10 Å². The molecular formula is C16H23FN2O8. The van der Waals surface area contributed by atoms with Gasteiger partial charge in [-0.25, -0.2) is 14.0 Å². The maximum atomic E-state index is 15.0. The van der Waals surface area contributed by atoms with Crippen LogP contribution in [0.1, 0.15) is 33.9 Å². The highest BCUT2D eigenvalue weighted by Crippen LogP contribution is 2.38. The second-order valence-electron chi connectivity index (χ2n) is 7.00. The van der Waals surface area contributed by atoms with E-state index in [1.54, 1.807) is 13.8 Å². The van der Waals surface area contributed by atoms with Crippen molar-refractivity contribution in [2.75, 3.05) is 6.61 Å². The molecule has 152 valence electrons. The third kappa shape index (κ3) is 4.43. The van der Waals surface area contributed by atoms with Gasteiger partial charge >= 0.3 is 11.7 Å². The number of nitrogens with zero attached hydrogens (tertiary/aromatic N) is 1. The van der Waals surface area contributed by atoms with Gasteiger partial charge in [-0.05, 0) is 27.7 Å². The molecule has 0 aliphatic carbocycles. The van der Waals surface area contributed by atoms with Crippen LogP contribution in [0, 0.1) is 0 Å². The van der Waals surface area contributed by atoms with Crippen molar-refractivity contribution in [3.63, 3.8) is 0 Å². The highest BCUT2D eigenvalue weighted by atomic mass is 19.2. The van der Waals surface area contributed by atoms with E-state index >= 15 is 0 Å². The van der Waals surface area contributed by atoms with Crippen molar-refractivity contribution in [3.05, 3.63) is 33.1 Å². The lowest BCUT2D eigenvalue weighted by molar-refractivity contribution is -0.224. The smallest absolute Gasteiger partial charge is 0.338 e. The summed E-state index contributed by atoms with van der Waals surface area (Å²) >= 11 is 0. The van der Waals surface area contributed by atoms with Crippen LogP contribution >= 0.6 is 0 Å². The molecule has 0 aromatic carbocycles. The van der Waals surface area contributed by atoms with E-state index < -0.39 is 53.7 Å². The topological polar surface area (TPSA) is 140 Å². The van der Waals surface area contributed by atoms with Gasteiger partial charge in [-0.3, -0.25) is 14.3 Å². The number of halogens is 1. The van der Waals surface area contributed by atoms with Crippen LogP contribution in [0.15, 0.2) is 21.9 Å². The summed E-state index contributed by atoms with van der Waals surface area (Å²) in [4.78, 5) is 37.0. The Bertz CT molecular complexity index is 804. The van der Waals surface area contributed by atoms with E-state index in [1.165, 1.54) is 13.8 Å². The Kier molecular flexibility index (Phi) is 5.90. The van der Waals surface area contributed by atoms with Crippen LogP contribution in [0.5, 0.6) is 0 Å². The van der Waals surface area contributed by atoms with Gasteiger partial charge in [0.1, 0.15) is 12.2 Å². The van der Waals surface area contributed by atoms with Crippen LogP contribution < -0.4 is 11.2 Å². The molecule has 1 aromatic rings. The molecule has 27 heavy (non-hydrogen) atoms. The van der Waals surface area contributed by atoms with E-state index in [0.29, 0.717) is 4.57 Å². The Balaban J connectivity index is 2.14. The van der Waals surface area contributed by atoms with Crippen molar-refractivity contribution in [1.82, 2.24) is 9.55 Å². The van der Waals surface area contributed by atoms with Gasteiger partial charge in [-0.1, -0.05) is 0 Å². The van der Waals surface area contributed by atoms with Crippen molar-refractivity contribution in [1.29, 1.82) is 0 Å². The fourth-order valence-electron chi connectivity index (χ4n) is 2.69. The van der Waals surface area contributed by atoms with Crippen molar-refractivity contribution in [2.24, 2.45) is 0 Å². The molecule has 0 spiro atoms. The van der Waals surface area contributed by atoms with Crippen LogP contribution in [0.25, 0.3) is 0 Å². The standard InChI is InChI=1S/C16H23FN2O8/c1-8(2)26-15(3,4)13(23)25-7-16(17)11(22)10(21)12(27-16)19-6-5-9(20)18-14(19)24/h5-6,8,10-12,21-22H,7H2,1-4H3,(H,18,20,24)/t10-,11+,12-,16-/m1/s1. The number of H-pyrrole nitrogens is 1. The fourth-order valence-corrected chi connectivity index (χ4v) is 2.69. The van der Waals surface area contributed by atoms with Gasteiger partial charge in [-0.15, -0.1) is 0 Å². The first-order valence-electron chi connectivity index (χ1n) is 8.27. The summed E-state index contributed by atoms with van der Waals surface area (Å²) in [6.45, 7) is 5.24. The van der Waals surface area contributed by atoms with E-state index in [4.69, 9.17) is 14.2 Å². The molecule has 1 aromatic heterocycles. The summed E-state index contributed by atoms with van der Waals surface area (Å²) in [6.07, 6.45) is -4.90. The number of rotatable bonds is 6. The Morgan fingerprint density at radius 1 is 1.44 bits per heavy atom. The molecule has 0 saturated carbocycles. The van der Waals surface area contributed by atoms with E-state index in [-0.39, 0.29) is 6.10 Å². The van der Waals surface area contributed by atoms with Crippen LogP contribution in [0.2, 0.25) is 0 Å². The average molecular weight is 390 g/mol. The summed E-state index contributed by atoms with van der Waals surface area (Å²) in [7, 11) is 0. The van der Waals surface area contributed by atoms with Crippen LogP contribution in [0.3, 0.4) is 0 Å². The quantitative estimate of drug-likeness (QED) is 0.536. The molecule has 2 rings (SSSR count). The zero-order valence-corrected chi connectivity index (χ0v) is 15.3. The minimum atomic E-state index is -2.97. The molecule has 0 bridgehead atoms. The molecule has 1 aliphatic heterocycles. The number of alkyl halides is 1. The molecule has 0 radical (unpaired) electrons. The van der Waals surface area contributed by atoms with Crippen LogP contribution in [0.4, 0.5) is 4.39 Å². The summed E-state index contributed by atoms with van der Waals surface area (Å²) in [6, 6.07) is 0.966. The maximum absolute atomic E-state index is 15.0. The number of aromatic nitrogens is 2. The molecule has 11 heteroatoms. The Labute approximate surface area is 153 Å². The number of esters is 1. The number of aliphatic hydroxyl groups is 2. The minimum Gasteiger partial charge on any atom is -0.457 e. The number of ether oxygens (including phenoxy) is 3. The monoisotopic (exact) mass is 390 g/mol. The summed E-state index contributed by atoms with van der Waals surface area (Å²) in [5.74, 6) is -3.87. The third-order valence-electron chi connectivity index (χ3n) is 3.92. The van der Waals surface area contributed by atoms with Crippen LogP contribution in [-0.2, 0) is 19.0 Å². The average Bonchev–Trinajstić information content (AvgIpc) is 2.76. The molecule has 1 aliphatic rings. The third-order valence-corrected chi connectivity index (χ3v) is 3.92. The molecule has 3 N–H and O–H groups in total. The number of hydrogen-bond acceptors (Lipinski definition) is 8. The molecule has 1 saturated heterocycles. The van der Waals surface area contributed by atoms with Crippen molar-refractivity contribution < 1.29 is 33.6 Å². The number of carbonyl (C=O) groups excluding carboxylic acids is 1. The van der Waals surface area contributed by atoms with Crippen molar-refractivity contribution in [3.8, 4) is 0 Å². The van der Waals surface area contributed by atoms with Gasteiger partial charge in [0.15, 0.2) is 18.4 Å². The number of hydrogen-bond donors (Lipinski definition) is 3.